The molecule has 1 aromatic carbocycles. The van der Waals surface area contributed by atoms with Gasteiger partial charge in [0.05, 0.1) is 0 Å². The van der Waals surface area contributed by atoms with Crippen molar-refractivity contribution in [2.45, 2.75) is 52.6 Å². The second-order valence-electron chi connectivity index (χ2n) is 8.17. The molecular weight excluding hydrogens is 410 g/mol. The summed E-state index contributed by atoms with van der Waals surface area (Å²) >= 11 is 1.10. The van der Waals surface area contributed by atoms with Crippen LogP contribution in [0.5, 0.6) is 0 Å². The molecule has 0 saturated carbocycles. The monoisotopic (exact) mass is 437 g/mol. The fourth-order valence-electron chi connectivity index (χ4n) is 3.27. The number of nitrogens with zero attached hydrogens (tertiary/aromatic N) is 4. The number of rotatable bonds is 7. The van der Waals surface area contributed by atoms with Crippen molar-refractivity contribution in [1.82, 2.24) is 19.9 Å². The molecule has 0 saturated heterocycles. The number of benzene rings is 1. The predicted molar refractivity (Wildman–Crippen MR) is 122 cm³/mol. The Morgan fingerprint density at radius 2 is 2.00 bits per heavy atom. The third-order valence-electron chi connectivity index (χ3n) is 5.26. The maximum Gasteiger partial charge on any atom is 0.280 e. The van der Waals surface area contributed by atoms with Gasteiger partial charge in [-0.15, -0.1) is 5.10 Å². The minimum atomic E-state index is -0.921. The molecule has 3 aromatic rings. The SMILES string of the molecule is CCC(C)(C)NC(=O)[C@H](c1cccnc1)N(C(=O)c1csnn1)c1ccc(C)cc1C. The maximum atomic E-state index is 13.6. The highest BCUT2D eigenvalue weighted by atomic mass is 32.1. The zero-order valence-corrected chi connectivity index (χ0v) is 19.2. The first-order chi connectivity index (χ1) is 14.7. The van der Waals surface area contributed by atoms with Crippen LogP contribution in [0.3, 0.4) is 0 Å². The number of anilines is 1. The summed E-state index contributed by atoms with van der Waals surface area (Å²) in [7, 11) is 0. The third-order valence-corrected chi connectivity index (χ3v) is 5.77. The topological polar surface area (TPSA) is 88.1 Å². The number of nitrogens with one attached hydrogen (secondary N) is 1. The number of carbonyl (C=O) groups excluding carboxylic acids is 2. The van der Waals surface area contributed by atoms with E-state index < -0.39 is 11.6 Å². The van der Waals surface area contributed by atoms with E-state index in [0.717, 1.165) is 29.1 Å². The summed E-state index contributed by atoms with van der Waals surface area (Å²) in [6.07, 6.45) is 4.00. The molecule has 2 aromatic heterocycles. The number of aryl methyl sites for hydroxylation is 2. The lowest BCUT2D eigenvalue weighted by Gasteiger charge is -2.34. The van der Waals surface area contributed by atoms with Gasteiger partial charge in [-0.05, 0) is 63.3 Å². The molecule has 0 radical (unpaired) electrons. The zero-order valence-electron chi connectivity index (χ0n) is 18.4. The average molecular weight is 438 g/mol. The van der Waals surface area contributed by atoms with Gasteiger partial charge in [0.25, 0.3) is 5.91 Å². The largest absolute Gasteiger partial charge is 0.349 e. The first kappa shape index (κ1) is 22.6. The van der Waals surface area contributed by atoms with E-state index in [1.165, 1.54) is 4.90 Å². The molecule has 7 nitrogen and oxygen atoms in total. The molecule has 1 atom stereocenters. The van der Waals surface area contributed by atoms with Crippen LogP contribution in [-0.2, 0) is 4.79 Å². The van der Waals surface area contributed by atoms with Crippen molar-refractivity contribution in [1.29, 1.82) is 0 Å². The number of pyridine rings is 1. The van der Waals surface area contributed by atoms with Gasteiger partial charge in [-0.3, -0.25) is 19.5 Å². The van der Waals surface area contributed by atoms with E-state index in [-0.39, 0.29) is 17.5 Å². The van der Waals surface area contributed by atoms with Crippen molar-refractivity contribution >= 4 is 29.0 Å². The number of aromatic nitrogens is 3. The van der Waals surface area contributed by atoms with Gasteiger partial charge >= 0.3 is 0 Å². The highest BCUT2D eigenvalue weighted by Crippen LogP contribution is 2.32. The van der Waals surface area contributed by atoms with Crippen molar-refractivity contribution in [3.8, 4) is 0 Å². The molecule has 0 aliphatic rings. The summed E-state index contributed by atoms with van der Waals surface area (Å²) in [4.78, 5) is 32.9. The lowest BCUT2D eigenvalue weighted by molar-refractivity contribution is -0.124. The maximum absolute atomic E-state index is 13.6. The van der Waals surface area contributed by atoms with Gasteiger partial charge in [0.2, 0.25) is 5.91 Å². The summed E-state index contributed by atoms with van der Waals surface area (Å²) in [6.45, 7) is 9.84. The fraction of sp³-hybridized carbons (Fsp3) is 0.348. The quantitative estimate of drug-likeness (QED) is 0.597. The first-order valence-corrected chi connectivity index (χ1v) is 11.0. The minimum Gasteiger partial charge on any atom is -0.349 e. The molecule has 0 aliphatic carbocycles. The van der Waals surface area contributed by atoms with Crippen LogP contribution in [0.1, 0.15) is 60.4 Å². The molecule has 0 fully saturated rings. The molecular formula is C23H27N5O2S. The smallest absolute Gasteiger partial charge is 0.280 e. The highest BCUT2D eigenvalue weighted by molar-refractivity contribution is 7.03. The van der Waals surface area contributed by atoms with Crippen molar-refractivity contribution in [3.05, 3.63) is 70.5 Å². The highest BCUT2D eigenvalue weighted by Gasteiger charge is 2.37. The van der Waals surface area contributed by atoms with Gasteiger partial charge in [-0.2, -0.15) is 0 Å². The molecule has 2 heterocycles. The number of amides is 2. The average Bonchev–Trinajstić information content (AvgIpc) is 3.27. The van der Waals surface area contributed by atoms with Gasteiger partial charge in [0, 0.05) is 34.6 Å². The second kappa shape index (κ2) is 9.34. The number of hydrogen-bond acceptors (Lipinski definition) is 6. The Bertz CT molecular complexity index is 1050. The molecule has 0 unspecified atom stereocenters. The van der Waals surface area contributed by atoms with Crippen LogP contribution in [-0.4, -0.2) is 31.9 Å². The molecule has 2 amide bonds. The Morgan fingerprint density at radius 1 is 1.23 bits per heavy atom. The Hall–Kier alpha value is -3.13. The molecule has 8 heteroatoms. The van der Waals surface area contributed by atoms with E-state index in [9.17, 15) is 9.59 Å². The first-order valence-electron chi connectivity index (χ1n) is 10.1. The van der Waals surface area contributed by atoms with Crippen LogP contribution in [0.4, 0.5) is 5.69 Å². The summed E-state index contributed by atoms with van der Waals surface area (Å²) in [5.41, 5.74) is 2.97. The Morgan fingerprint density at radius 3 is 2.58 bits per heavy atom. The number of carbonyl (C=O) groups is 2. The van der Waals surface area contributed by atoms with Crippen LogP contribution >= 0.6 is 11.5 Å². The van der Waals surface area contributed by atoms with Gasteiger partial charge in [0.1, 0.15) is 6.04 Å². The zero-order chi connectivity index (χ0) is 22.6. The second-order valence-corrected chi connectivity index (χ2v) is 8.78. The van der Waals surface area contributed by atoms with Gasteiger partial charge in [-0.25, -0.2) is 0 Å². The van der Waals surface area contributed by atoms with E-state index in [4.69, 9.17) is 0 Å². The molecule has 1 N–H and O–H groups in total. The Labute approximate surface area is 186 Å². The molecule has 0 spiro atoms. The normalized spacial score (nSPS) is 12.3. The summed E-state index contributed by atoms with van der Waals surface area (Å²) in [6, 6.07) is 8.42. The fourth-order valence-corrected chi connectivity index (χ4v) is 3.70. The lowest BCUT2D eigenvalue weighted by atomic mass is 9.98. The van der Waals surface area contributed by atoms with Crippen LogP contribution in [0, 0.1) is 13.8 Å². The van der Waals surface area contributed by atoms with E-state index in [0.29, 0.717) is 11.3 Å². The van der Waals surface area contributed by atoms with Gasteiger partial charge < -0.3 is 5.32 Å². The molecule has 0 bridgehead atoms. The standard InChI is InChI=1S/C23H27N5O2S/c1-6-23(4,5)25-21(29)20(17-8-7-11-24-13-17)28(22(30)18-14-31-27-26-18)19-10-9-15(2)12-16(19)3/h7-14,20H,6H2,1-5H3,(H,25,29)/t20-/m0/s1. The summed E-state index contributed by atoms with van der Waals surface area (Å²) in [5, 5.41) is 8.65. The Balaban J connectivity index is 2.19. The summed E-state index contributed by atoms with van der Waals surface area (Å²) < 4.78 is 3.84. The van der Waals surface area contributed by atoms with Crippen molar-refractivity contribution in [2.24, 2.45) is 0 Å². The van der Waals surface area contributed by atoms with Crippen molar-refractivity contribution < 1.29 is 9.59 Å². The van der Waals surface area contributed by atoms with Gasteiger partial charge in [-0.1, -0.05) is 35.2 Å². The van der Waals surface area contributed by atoms with Crippen molar-refractivity contribution in [3.63, 3.8) is 0 Å². The molecule has 3 rings (SSSR count). The Kier molecular flexibility index (Phi) is 6.80. The van der Waals surface area contributed by atoms with Crippen LogP contribution in [0.15, 0.2) is 48.1 Å². The number of hydrogen-bond donors (Lipinski definition) is 1. The van der Waals surface area contributed by atoms with Crippen LogP contribution in [0.25, 0.3) is 0 Å². The predicted octanol–water partition coefficient (Wildman–Crippen LogP) is 4.24. The molecule has 0 aliphatic heterocycles. The molecule has 162 valence electrons. The minimum absolute atomic E-state index is 0.196. The van der Waals surface area contributed by atoms with E-state index in [2.05, 4.69) is 19.9 Å². The van der Waals surface area contributed by atoms with Gasteiger partial charge in [0.15, 0.2) is 5.69 Å². The van der Waals surface area contributed by atoms with E-state index in [1.54, 1.807) is 29.9 Å². The van der Waals surface area contributed by atoms with E-state index >= 15 is 0 Å². The van der Waals surface area contributed by atoms with Crippen LogP contribution < -0.4 is 10.2 Å². The van der Waals surface area contributed by atoms with E-state index in [1.807, 2.05) is 52.8 Å². The third kappa shape index (κ3) is 5.14. The molecule has 31 heavy (non-hydrogen) atoms. The van der Waals surface area contributed by atoms with Crippen molar-refractivity contribution in [2.75, 3.05) is 4.90 Å². The summed E-state index contributed by atoms with van der Waals surface area (Å²) in [5.74, 6) is -0.671. The van der Waals surface area contributed by atoms with Crippen LogP contribution in [0.2, 0.25) is 0 Å². The lowest BCUT2D eigenvalue weighted by Crippen LogP contribution is -2.50.